The van der Waals surface area contributed by atoms with Crippen LogP contribution in [0.3, 0.4) is 0 Å². The average molecular weight is 400 g/mol. The van der Waals surface area contributed by atoms with E-state index in [1.165, 1.54) is 31.4 Å². The van der Waals surface area contributed by atoms with E-state index in [9.17, 15) is 9.18 Å². The van der Waals surface area contributed by atoms with E-state index in [2.05, 4.69) is 34.7 Å². The van der Waals surface area contributed by atoms with Crippen molar-refractivity contribution < 1.29 is 9.18 Å². The highest BCUT2D eigenvalue weighted by atomic mass is 19.1. The molecule has 1 heterocycles. The van der Waals surface area contributed by atoms with Crippen LogP contribution in [-0.2, 0) is 17.9 Å². The van der Waals surface area contributed by atoms with Crippen LogP contribution in [0.2, 0.25) is 0 Å². The van der Waals surface area contributed by atoms with E-state index in [1.54, 1.807) is 0 Å². The summed E-state index contributed by atoms with van der Waals surface area (Å²) in [5.41, 5.74) is 2.18. The minimum atomic E-state index is -0.218. The van der Waals surface area contributed by atoms with Gasteiger partial charge >= 0.3 is 0 Å². The van der Waals surface area contributed by atoms with Crippen molar-refractivity contribution in [3.63, 3.8) is 0 Å². The molecule has 0 saturated heterocycles. The molecule has 0 radical (unpaired) electrons. The summed E-state index contributed by atoms with van der Waals surface area (Å²) in [4.78, 5) is 15.2. The third-order valence-corrected chi connectivity index (χ3v) is 6.07. The summed E-state index contributed by atoms with van der Waals surface area (Å²) < 4.78 is 15.4. The van der Waals surface area contributed by atoms with Gasteiger partial charge in [-0.2, -0.15) is 0 Å². The van der Waals surface area contributed by atoms with E-state index in [4.69, 9.17) is 0 Å². The standard InChI is InChI=1S/C24H34FN3O/c1-3-19(2)26-16-24(29)28(22-8-5-4-6-9-22)18-23-10-7-15-27(23)17-20-11-13-21(25)14-12-20/h7,10-15,19,22,26H,3-6,8-9,16-18H2,1-2H3. The molecule has 1 aromatic carbocycles. The predicted molar refractivity (Wildman–Crippen MR) is 115 cm³/mol. The van der Waals surface area contributed by atoms with Gasteiger partial charge in [0.2, 0.25) is 5.91 Å². The number of hydrogen-bond acceptors (Lipinski definition) is 2. The zero-order valence-electron chi connectivity index (χ0n) is 17.7. The molecular formula is C24H34FN3O. The molecule has 1 amide bonds. The molecule has 1 unspecified atom stereocenters. The average Bonchev–Trinajstić information content (AvgIpc) is 3.18. The van der Waals surface area contributed by atoms with Gasteiger partial charge in [0.1, 0.15) is 5.82 Å². The highest BCUT2D eigenvalue weighted by Crippen LogP contribution is 2.24. The van der Waals surface area contributed by atoms with Crippen molar-refractivity contribution in [3.05, 3.63) is 59.7 Å². The Hall–Kier alpha value is -2.14. The molecule has 5 heteroatoms. The van der Waals surface area contributed by atoms with Crippen molar-refractivity contribution >= 4 is 5.91 Å². The fourth-order valence-electron chi connectivity index (χ4n) is 4.03. The van der Waals surface area contributed by atoms with E-state index in [0.717, 1.165) is 30.5 Å². The lowest BCUT2D eigenvalue weighted by Gasteiger charge is -2.35. The Bertz CT molecular complexity index is 765. The molecule has 1 atom stereocenters. The highest BCUT2D eigenvalue weighted by molar-refractivity contribution is 5.78. The number of nitrogens with one attached hydrogen (secondary N) is 1. The second kappa shape index (κ2) is 10.6. The number of benzene rings is 1. The molecule has 0 bridgehead atoms. The molecule has 1 fully saturated rings. The van der Waals surface area contributed by atoms with Crippen LogP contribution in [-0.4, -0.2) is 34.0 Å². The summed E-state index contributed by atoms with van der Waals surface area (Å²) in [5.74, 6) is -0.0314. The van der Waals surface area contributed by atoms with E-state index >= 15 is 0 Å². The molecule has 1 aliphatic rings. The Morgan fingerprint density at radius 3 is 2.62 bits per heavy atom. The first kappa shape index (κ1) is 21.6. The maximum absolute atomic E-state index is 13.2. The first-order valence-corrected chi connectivity index (χ1v) is 11.0. The maximum atomic E-state index is 13.2. The van der Waals surface area contributed by atoms with E-state index in [0.29, 0.717) is 31.7 Å². The zero-order chi connectivity index (χ0) is 20.6. The number of carbonyl (C=O) groups excluding carboxylic acids is 1. The fourth-order valence-corrected chi connectivity index (χ4v) is 4.03. The molecule has 1 saturated carbocycles. The van der Waals surface area contributed by atoms with Gasteiger partial charge in [-0.15, -0.1) is 0 Å². The molecule has 4 nitrogen and oxygen atoms in total. The van der Waals surface area contributed by atoms with Gasteiger partial charge in [-0.1, -0.05) is 38.3 Å². The third kappa shape index (κ3) is 6.17. The van der Waals surface area contributed by atoms with Gasteiger partial charge in [0.25, 0.3) is 0 Å². The predicted octanol–water partition coefficient (Wildman–Crippen LogP) is 4.72. The number of amides is 1. The van der Waals surface area contributed by atoms with Crippen molar-refractivity contribution in [1.29, 1.82) is 0 Å². The second-order valence-corrected chi connectivity index (χ2v) is 8.26. The Morgan fingerprint density at radius 1 is 1.21 bits per heavy atom. The number of nitrogens with zero attached hydrogens (tertiary/aromatic N) is 2. The minimum Gasteiger partial charge on any atom is -0.345 e. The molecule has 3 rings (SSSR count). The van der Waals surface area contributed by atoms with E-state index < -0.39 is 0 Å². The summed E-state index contributed by atoms with van der Waals surface area (Å²) in [6.45, 7) is 5.94. The van der Waals surface area contributed by atoms with E-state index in [-0.39, 0.29) is 11.7 Å². The van der Waals surface area contributed by atoms with Gasteiger partial charge in [-0.05, 0) is 56.0 Å². The van der Waals surface area contributed by atoms with Crippen LogP contribution in [0.1, 0.15) is 63.6 Å². The van der Waals surface area contributed by atoms with Crippen LogP contribution in [0.4, 0.5) is 4.39 Å². The zero-order valence-corrected chi connectivity index (χ0v) is 17.7. The molecule has 0 spiro atoms. The fraction of sp³-hybridized carbons (Fsp3) is 0.542. The Morgan fingerprint density at radius 2 is 1.93 bits per heavy atom. The summed E-state index contributed by atoms with van der Waals surface area (Å²) in [6.07, 6.45) is 8.90. The number of aromatic nitrogens is 1. The quantitative estimate of drug-likeness (QED) is 0.662. The Labute approximate surface area is 174 Å². The minimum absolute atomic E-state index is 0.187. The van der Waals surface area contributed by atoms with Gasteiger partial charge in [0.15, 0.2) is 0 Å². The van der Waals surface area contributed by atoms with Crippen molar-refractivity contribution in [2.75, 3.05) is 6.54 Å². The second-order valence-electron chi connectivity index (χ2n) is 8.26. The summed E-state index contributed by atoms with van der Waals surface area (Å²) in [7, 11) is 0. The van der Waals surface area contributed by atoms with Crippen LogP contribution in [0.15, 0.2) is 42.6 Å². The van der Waals surface area contributed by atoms with Crippen LogP contribution in [0, 0.1) is 5.82 Å². The molecular weight excluding hydrogens is 365 g/mol. The van der Waals surface area contributed by atoms with Gasteiger partial charge in [0.05, 0.1) is 13.1 Å². The lowest BCUT2D eigenvalue weighted by Crippen LogP contribution is -2.46. The van der Waals surface area contributed by atoms with Gasteiger partial charge in [0, 0.05) is 30.5 Å². The highest BCUT2D eigenvalue weighted by Gasteiger charge is 2.26. The molecule has 1 N–H and O–H groups in total. The Kier molecular flexibility index (Phi) is 7.87. The topological polar surface area (TPSA) is 37.3 Å². The van der Waals surface area contributed by atoms with Crippen molar-refractivity contribution in [2.24, 2.45) is 0 Å². The molecule has 1 aromatic heterocycles. The van der Waals surface area contributed by atoms with Crippen LogP contribution in [0.5, 0.6) is 0 Å². The number of hydrogen-bond donors (Lipinski definition) is 1. The number of rotatable bonds is 9. The lowest BCUT2D eigenvalue weighted by molar-refractivity contribution is -0.134. The van der Waals surface area contributed by atoms with Crippen LogP contribution in [0.25, 0.3) is 0 Å². The first-order chi connectivity index (χ1) is 14.1. The summed E-state index contributed by atoms with van der Waals surface area (Å²) >= 11 is 0. The molecule has 0 aliphatic heterocycles. The van der Waals surface area contributed by atoms with Crippen LogP contribution >= 0.6 is 0 Å². The van der Waals surface area contributed by atoms with Crippen molar-refractivity contribution in [2.45, 2.75) is 77.5 Å². The molecule has 1 aliphatic carbocycles. The third-order valence-electron chi connectivity index (χ3n) is 6.07. The maximum Gasteiger partial charge on any atom is 0.237 e. The SMILES string of the molecule is CCC(C)NCC(=O)N(Cc1cccn1Cc1ccc(F)cc1)C1CCCCC1. The smallest absolute Gasteiger partial charge is 0.237 e. The van der Waals surface area contributed by atoms with Gasteiger partial charge < -0.3 is 14.8 Å². The number of carbonyl (C=O) groups is 1. The lowest BCUT2D eigenvalue weighted by atomic mass is 9.94. The largest absolute Gasteiger partial charge is 0.345 e. The molecule has 158 valence electrons. The summed E-state index contributed by atoms with van der Waals surface area (Å²) in [6, 6.07) is 11.4. The Balaban J connectivity index is 1.72. The van der Waals surface area contributed by atoms with Crippen LogP contribution < -0.4 is 5.32 Å². The summed E-state index contributed by atoms with van der Waals surface area (Å²) in [5, 5.41) is 3.36. The number of halogens is 1. The van der Waals surface area contributed by atoms with Gasteiger partial charge in [-0.25, -0.2) is 4.39 Å². The normalized spacial score (nSPS) is 16.0. The van der Waals surface area contributed by atoms with Crippen molar-refractivity contribution in [3.8, 4) is 0 Å². The van der Waals surface area contributed by atoms with E-state index in [1.807, 2.05) is 24.4 Å². The van der Waals surface area contributed by atoms with Gasteiger partial charge in [-0.3, -0.25) is 4.79 Å². The monoisotopic (exact) mass is 399 g/mol. The molecule has 2 aromatic rings. The molecule has 29 heavy (non-hydrogen) atoms. The van der Waals surface area contributed by atoms with Crippen molar-refractivity contribution in [1.82, 2.24) is 14.8 Å². The first-order valence-electron chi connectivity index (χ1n) is 11.0.